The number of aliphatic hydroxyl groups excluding tert-OH is 3. The Morgan fingerprint density at radius 1 is 0.556 bits per heavy atom. The van der Waals surface area contributed by atoms with Gasteiger partial charge in [-0.3, -0.25) is 4.79 Å². The second-order valence-electron chi connectivity index (χ2n) is 11.5. The second-order valence-corrected chi connectivity index (χ2v) is 11.5. The normalized spacial score (nSPS) is 12.8. The summed E-state index contributed by atoms with van der Waals surface area (Å²) in [6.07, 6.45) is 19.2. The third-order valence-electron chi connectivity index (χ3n) is 8.58. The van der Waals surface area contributed by atoms with E-state index in [0.29, 0.717) is 0 Å². The lowest BCUT2D eigenvalue weighted by Gasteiger charge is -2.51. The fourth-order valence-corrected chi connectivity index (χ4v) is 6.07. The van der Waals surface area contributed by atoms with E-state index in [9.17, 15) is 20.1 Å². The molecule has 0 spiro atoms. The van der Waals surface area contributed by atoms with E-state index < -0.39 is 30.7 Å². The molecule has 0 radical (unpaired) electrons. The van der Waals surface area contributed by atoms with E-state index in [2.05, 4.69) is 34.6 Å². The third-order valence-corrected chi connectivity index (χ3v) is 8.58. The van der Waals surface area contributed by atoms with Crippen molar-refractivity contribution >= 4 is 5.97 Å². The Labute approximate surface area is 223 Å². The van der Waals surface area contributed by atoms with Crippen LogP contribution in [0.5, 0.6) is 0 Å². The number of rotatable bonds is 25. The van der Waals surface area contributed by atoms with E-state index >= 15 is 0 Å². The summed E-state index contributed by atoms with van der Waals surface area (Å²) in [4.78, 5) is 14.4. The van der Waals surface area contributed by atoms with Crippen molar-refractivity contribution in [3.05, 3.63) is 0 Å². The van der Waals surface area contributed by atoms with Gasteiger partial charge >= 0.3 is 5.97 Å². The van der Waals surface area contributed by atoms with Gasteiger partial charge in [0.05, 0.1) is 30.7 Å². The molecule has 0 atom stereocenters. The van der Waals surface area contributed by atoms with Crippen molar-refractivity contribution in [2.24, 2.45) is 16.2 Å². The molecular formula is C31H62O5. The highest BCUT2D eigenvalue weighted by Crippen LogP contribution is 2.57. The first kappa shape index (κ1) is 35.4. The number of ether oxygens (including phenoxy) is 1. The van der Waals surface area contributed by atoms with Crippen LogP contribution < -0.4 is 0 Å². The van der Waals surface area contributed by atoms with Gasteiger partial charge in [-0.2, -0.15) is 0 Å². The van der Waals surface area contributed by atoms with Gasteiger partial charge in [-0.1, -0.05) is 118 Å². The Morgan fingerprint density at radius 3 is 1.28 bits per heavy atom. The van der Waals surface area contributed by atoms with E-state index in [4.69, 9.17) is 4.74 Å². The highest BCUT2D eigenvalue weighted by atomic mass is 16.5. The first-order valence-electron chi connectivity index (χ1n) is 15.4. The molecule has 5 heteroatoms. The minimum absolute atomic E-state index is 0.106. The number of hydrogen-bond donors (Lipinski definition) is 3. The molecule has 3 N–H and O–H groups in total. The maximum atomic E-state index is 14.4. The van der Waals surface area contributed by atoms with Gasteiger partial charge < -0.3 is 20.1 Å². The summed E-state index contributed by atoms with van der Waals surface area (Å²) in [5.74, 6) is -0.157. The van der Waals surface area contributed by atoms with E-state index in [1.54, 1.807) is 0 Å². The zero-order valence-corrected chi connectivity index (χ0v) is 24.7. The molecule has 5 nitrogen and oxygen atoms in total. The predicted molar refractivity (Wildman–Crippen MR) is 151 cm³/mol. The predicted octanol–water partition coefficient (Wildman–Crippen LogP) is 7.59. The fraction of sp³-hybridized carbons (Fsp3) is 0.968. The molecule has 0 saturated heterocycles. The molecule has 0 aromatic heterocycles. The van der Waals surface area contributed by atoms with Gasteiger partial charge in [0.15, 0.2) is 0 Å². The molecule has 0 aromatic carbocycles. The van der Waals surface area contributed by atoms with Crippen molar-refractivity contribution in [1.82, 2.24) is 0 Å². The zero-order chi connectivity index (χ0) is 27.3. The van der Waals surface area contributed by atoms with Crippen LogP contribution in [-0.4, -0.2) is 47.7 Å². The van der Waals surface area contributed by atoms with Gasteiger partial charge in [0, 0.05) is 0 Å². The Kier molecular flexibility index (Phi) is 20.0. The van der Waals surface area contributed by atoms with Crippen LogP contribution in [0.1, 0.15) is 150 Å². The van der Waals surface area contributed by atoms with Crippen LogP contribution in [0.25, 0.3) is 0 Å². The maximum Gasteiger partial charge on any atom is 0.312 e. The van der Waals surface area contributed by atoms with Crippen molar-refractivity contribution < 1.29 is 24.9 Å². The average Bonchev–Trinajstić information content (AvgIpc) is 2.89. The van der Waals surface area contributed by atoms with Crippen molar-refractivity contribution in [3.63, 3.8) is 0 Å². The molecule has 0 bridgehead atoms. The van der Waals surface area contributed by atoms with E-state index in [-0.39, 0.29) is 18.0 Å². The molecule has 0 fully saturated rings. The monoisotopic (exact) mass is 514 g/mol. The van der Waals surface area contributed by atoms with Crippen molar-refractivity contribution in [1.29, 1.82) is 0 Å². The SMILES string of the molecule is CCCCCC(CCC)(CCCCC)C(CCCCC)(CCCCC)C(=O)OCC(CO)(CO)CO. The summed E-state index contributed by atoms with van der Waals surface area (Å²) >= 11 is 0. The Morgan fingerprint density at radius 2 is 0.944 bits per heavy atom. The summed E-state index contributed by atoms with van der Waals surface area (Å²) < 4.78 is 6.05. The molecule has 36 heavy (non-hydrogen) atoms. The first-order chi connectivity index (χ1) is 17.4. The van der Waals surface area contributed by atoms with Crippen molar-refractivity contribution in [3.8, 4) is 0 Å². The number of unbranched alkanes of at least 4 members (excludes halogenated alkanes) is 8. The molecule has 216 valence electrons. The molecule has 0 rings (SSSR count). The minimum Gasteiger partial charge on any atom is -0.464 e. The number of carbonyl (C=O) groups is 1. The number of esters is 1. The summed E-state index contributed by atoms with van der Waals surface area (Å²) in [5.41, 5.74) is -1.88. The zero-order valence-electron chi connectivity index (χ0n) is 24.7. The molecule has 0 saturated carbocycles. The summed E-state index contributed by atoms with van der Waals surface area (Å²) in [5, 5.41) is 29.6. The highest BCUT2D eigenvalue weighted by molar-refractivity contribution is 5.78. The maximum absolute atomic E-state index is 14.4. The van der Waals surface area contributed by atoms with E-state index in [1.807, 2.05) is 0 Å². The molecule has 0 aliphatic rings. The molecule has 0 heterocycles. The third kappa shape index (κ3) is 10.6. The van der Waals surface area contributed by atoms with Gasteiger partial charge in [0.2, 0.25) is 0 Å². The lowest BCUT2D eigenvalue weighted by molar-refractivity contribution is -0.178. The molecule has 0 unspecified atom stereocenters. The fourth-order valence-electron chi connectivity index (χ4n) is 6.07. The van der Waals surface area contributed by atoms with Crippen LogP contribution in [0, 0.1) is 16.2 Å². The van der Waals surface area contributed by atoms with Gasteiger partial charge in [-0.05, 0) is 37.5 Å². The van der Waals surface area contributed by atoms with Crippen molar-refractivity contribution in [2.45, 2.75) is 150 Å². The van der Waals surface area contributed by atoms with Gasteiger partial charge in [0.25, 0.3) is 0 Å². The van der Waals surface area contributed by atoms with Crippen molar-refractivity contribution in [2.75, 3.05) is 26.4 Å². The number of aliphatic hydroxyl groups is 3. The van der Waals surface area contributed by atoms with Crippen LogP contribution in [0.4, 0.5) is 0 Å². The first-order valence-corrected chi connectivity index (χ1v) is 15.4. The smallest absolute Gasteiger partial charge is 0.312 e. The van der Waals surface area contributed by atoms with Crippen LogP contribution >= 0.6 is 0 Å². The quantitative estimate of drug-likeness (QED) is 0.0863. The van der Waals surface area contributed by atoms with Crippen LogP contribution in [0.3, 0.4) is 0 Å². The van der Waals surface area contributed by atoms with Gasteiger partial charge in [-0.15, -0.1) is 0 Å². The van der Waals surface area contributed by atoms with Crippen LogP contribution in [-0.2, 0) is 9.53 Å². The summed E-state index contributed by atoms with van der Waals surface area (Å²) in [7, 11) is 0. The Hall–Kier alpha value is -0.650. The number of carbonyl (C=O) groups excluding carboxylic acids is 1. The van der Waals surface area contributed by atoms with Crippen LogP contribution in [0.15, 0.2) is 0 Å². The lowest BCUT2D eigenvalue weighted by atomic mass is 9.53. The molecule has 0 aliphatic carbocycles. The highest BCUT2D eigenvalue weighted by Gasteiger charge is 2.55. The molecular weight excluding hydrogens is 452 g/mol. The minimum atomic E-state index is -1.20. The molecule has 0 aromatic rings. The van der Waals surface area contributed by atoms with Gasteiger partial charge in [0.1, 0.15) is 6.61 Å². The Bertz CT molecular complexity index is 501. The van der Waals surface area contributed by atoms with Crippen LogP contribution in [0.2, 0.25) is 0 Å². The summed E-state index contributed by atoms with van der Waals surface area (Å²) in [6.45, 7) is 9.73. The largest absolute Gasteiger partial charge is 0.464 e. The topological polar surface area (TPSA) is 87.0 Å². The standard InChI is InChI=1S/C31H62O5/c1-6-11-15-20-30(19-10-5,21-16-12-7-2)31(22-17-13-8-3,23-18-14-9-4)28(35)36-27-29(24-32,25-33)26-34/h32-34H,6-27H2,1-5H3. The average molecular weight is 515 g/mol. The Balaban J connectivity index is 6.62. The molecule has 0 aliphatic heterocycles. The number of hydrogen-bond acceptors (Lipinski definition) is 5. The van der Waals surface area contributed by atoms with E-state index in [0.717, 1.165) is 103 Å². The lowest BCUT2D eigenvalue weighted by Crippen LogP contribution is -2.51. The molecule has 0 amide bonds. The summed E-state index contributed by atoms with van der Waals surface area (Å²) in [6, 6.07) is 0. The second kappa shape index (κ2) is 20.3. The van der Waals surface area contributed by atoms with Gasteiger partial charge in [-0.25, -0.2) is 0 Å². The van der Waals surface area contributed by atoms with E-state index in [1.165, 1.54) is 12.8 Å².